The van der Waals surface area contributed by atoms with Crippen LogP contribution in [0.4, 0.5) is 0 Å². The maximum absolute atomic E-state index is 6.03. The van der Waals surface area contributed by atoms with Gasteiger partial charge in [-0.05, 0) is 43.9 Å². The maximum Gasteiger partial charge on any atom is 0.0882 e. The minimum atomic E-state index is 0.210. The van der Waals surface area contributed by atoms with E-state index in [9.17, 15) is 0 Å². The molecule has 0 bridgehead atoms. The zero-order chi connectivity index (χ0) is 13.7. The molecule has 1 aliphatic rings. The van der Waals surface area contributed by atoms with Crippen molar-refractivity contribution in [2.24, 2.45) is 11.8 Å². The quantitative estimate of drug-likeness (QED) is 0.885. The number of pyridine rings is 1. The Labute approximate surface area is 116 Å². The second-order valence-electron chi connectivity index (χ2n) is 5.98. The van der Waals surface area contributed by atoms with Crippen molar-refractivity contribution in [2.45, 2.75) is 39.7 Å². The molecule has 106 valence electrons. The molecule has 0 saturated carbocycles. The number of hydrogen-bond donors (Lipinski definition) is 1. The Hall–Kier alpha value is -0.930. The van der Waals surface area contributed by atoms with Crippen LogP contribution < -0.4 is 5.32 Å². The minimum Gasteiger partial charge on any atom is -0.373 e. The lowest BCUT2D eigenvalue weighted by molar-refractivity contribution is -0.0284. The van der Waals surface area contributed by atoms with Crippen LogP contribution in [0.3, 0.4) is 0 Å². The Kier molecular flexibility index (Phi) is 5.34. The third-order valence-electron chi connectivity index (χ3n) is 3.79. The van der Waals surface area contributed by atoms with E-state index in [1.165, 1.54) is 24.0 Å². The van der Waals surface area contributed by atoms with E-state index in [1.807, 2.05) is 12.4 Å². The van der Waals surface area contributed by atoms with Crippen LogP contribution in [0.5, 0.6) is 0 Å². The van der Waals surface area contributed by atoms with Gasteiger partial charge < -0.3 is 10.1 Å². The second-order valence-corrected chi connectivity index (χ2v) is 5.98. The Morgan fingerprint density at radius 1 is 1.47 bits per heavy atom. The number of aryl methyl sites for hydroxylation is 1. The summed E-state index contributed by atoms with van der Waals surface area (Å²) in [6, 6.07) is 2.08. The van der Waals surface area contributed by atoms with Crippen LogP contribution >= 0.6 is 0 Å². The van der Waals surface area contributed by atoms with Crippen LogP contribution in [0.2, 0.25) is 0 Å². The molecule has 19 heavy (non-hydrogen) atoms. The second kappa shape index (κ2) is 7.01. The average molecular weight is 262 g/mol. The van der Waals surface area contributed by atoms with Crippen LogP contribution in [0.15, 0.2) is 18.5 Å². The highest BCUT2D eigenvalue weighted by Gasteiger charge is 2.28. The monoisotopic (exact) mass is 262 g/mol. The summed E-state index contributed by atoms with van der Waals surface area (Å²) < 4.78 is 6.03. The molecule has 2 atom stereocenters. The first-order chi connectivity index (χ1) is 9.18. The molecule has 2 heterocycles. The SMILES string of the molecule is Cc1ccncc1C1OCCCC1CNCC(C)C. The lowest BCUT2D eigenvalue weighted by Gasteiger charge is -2.33. The summed E-state index contributed by atoms with van der Waals surface area (Å²) in [7, 11) is 0. The highest BCUT2D eigenvalue weighted by atomic mass is 16.5. The summed E-state index contributed by atoms with van der Waals surface area (Å²) in [5, 5.41) is 3.57. The molecule has 0 spiro atoms. The average Bonchev–Trinajstić information content (AvgIpc) is 2.40. The fraction of sp³-hybridized carbons (Fsp3) is 0.688. The Morgan fingerprint density at radius 3 is 3.05 bits per heavy atom. The summed E-state index contributed by atoms with van der Waals surface area (Å²) in [6.45, 7) is 9.62. The summed E-state index contributed by atoms with van der Waals surface area (Å²) in [5.41, 5.74) is 2.55. The van der Waals surface area contributed by atoms with Gasteiger partial charge in [-0.1, -0.05) is 13.8 Å². The van der Waals surface area contributed by atoms with E-state index in [1.54, 1.807) is 0 Å². The van der Waals surface area contributed by atoms with Crippen LogP contribution in [0.1, 0.15) is 43.9 Å². The van der Waals surface area contributed by atoms with Crippen molar-refractivity contribution >= 4 is 0 Å². The summed E-state index contributed by atoms with van der Waals surface area (Å²) in [6.07, 6.45) is 6.45. The first-order valence-electron chi connectivity index (χ1n) is 7.41. The van der Waals surface area contributed by atoms with Crippen molar-refractivity contribution in [3.8, 4) is 0 Å². The van der Waals surface area contributed by atoms with E-state index < -0.39 is 0 Å². The van der Waals surface area contributed by atoms with Gasteiger partial charge in [-0.3, -0.25) is 4.98 Å². The van der Waals surface area contributed by atoms with Gasteiger partial charge >= 0.3 is 0 Å². The Bertz CT molecular complexity index is 392. The van der Waals surface area contributed by atoms with Gasteiger partial charge in [0.1, 0.15) is 0 Å². The zero-order valence-electron chi connectivity index (χ0n) is 12.4. The van der Waals surface area contributed by atoms with Gasteiger partial charge in [0.2, 0.25) is 0 Å². The van der Waals surface area contributed by atoms with Crippen molar-refractivity contribution in [1.82, 2.24) is 10.3 Å². The van der Waals surface area contributed by atoms with Crippen LogP contribution in [-0.2, 0) is 4.74 Å². The predicted octanol–water partition coefficient (Wildman–Crippen LogP) is 3.10. The van der Waals surface area contributed by atoms with Gasteiger partial charge in [-0.25, -0.2) is 0 Å². The number of nitrogens with one attached hydrogen (secondary N) is 1. The van der Waals surface area contributed by atoms with E-state index in [0.29, 0.717) is 11.8 Å². The maximum atomic E-state index is 6.03. The highest BCUT2D eigenvalue weighted by molar-refractivity contribution is 5.25. The molecule has 2 unspecified atom stereocenters. The van der Waals surface area contributed by atoms with E-state index in [-0.39, 0.29) is 6.10 Å². The fourth-order valence-electron chi connectivity index (χ4n) is 2.73. The van der Waals surface area contributed by atoms with Gasteiger partial charge in [0.15, 0.2) is 0 Å². The lowest BCUT2D eigenvalue weighted by atomic mass is 9.88. The van der Waals surface area contributed by atoms with Gasteiger partial charge in [0, 0.05) is 37.0 Å². The van der Waals surface area contributed by atoms with Crippen molar-refractivity contribution in [1.29, 1.82) is 0 Å². The molecule has 0 radical (unpaired) electrons. The molecule has 1 fully saturated rings. The third-order valence-corrected chi connectivity index (χ3v) is 3.79. The predicted molar refractivity (Wildman–Crippen MR) is 78.1 cm³/mol. The zero-order valence-corrected chi connectivity index (χ0v) is 12.4. The summed E-state index contributed by atoms with van der Waals surface area (Å²) in [4.78, 5) is 4.26. The topological polar surface area (TPSA) is 34.1 Å². The molecular formula is C16H26N2O. The fourth-order valence-corrected chi connectivity index (χ4v) is 2.73. The van der Waals surface area contributed by atoms with E-state index in [0.717, 1.165) is 19.7 Å². The number of hydrogen-bond acceptors (Lipinski definition) is 3. The van der Waals surface area contributed by atoms with Gasteiger partial charge in [0.25, 0.3) is 0 Å². The molecule has 3 heteroatoms. The molecule has 0 aromatic carbocycles. The molecule has 1 saturated heterocycles. The van der Waals surface area contributed by atoms with E-state index in [4.69, 9.17) is 4.74 Å². The van der Waals surface area contributed by atoms with Crippen LogP contribution in [0.25, 0.3) is 0 Å². The van der Waals surface area contributed by atoms with Crippen molar-refractivity contribution in [3.05, 3.63) is 29.6 Å². The van der Waals surface area contributed by atoms with Gasteiger partial charge in [-0.15, -0.1) is 0 Å². The molecule has 1 aliphatic heterocycles. The van der Waals surface area contributed by atoms with Crippen molar-refractivity contribution in [2.75, 3.05) is 19.7 Å². The molecule has 1 aromatic rings. The smallest absolute Gasteiger partial charge is 0.0882 e. The number of nitrogens with zero attached hydrogens (tertiary/aromatic N) is 1. The first-order valence-corrected chi connectivity index (χ1v) is 7.41. The van der Waals surface area contributed by atoms with E-state index >= 15 is 0 Å². The van der Waals surface area contributed by atoms with Gasteiger partial charge in [0.05, 0.1) is 6.10 Å². The number of rotatable bonds is 5. The van der Waals surface area contributed by atoms with Crippen LogP contribution in [-0.4, -0.2) is 24.7 Å². The first kappa shape index (κ1) is 14.5. The van der Waals surface area contributed by atoms with Crippen molar-refractivity contribution < 1.29 is 4.74 Å². The molecule has 1 N–H and O–H groups in total. The molecule has 0 aliphatic carbocycles. The number of aromatic nitrogens is 1. The number of ether oxygens (including phenoxy) is 1. The molecule has 3 nitrogen and oxygen atoms in total. The van der Waals surface area contributed by atoms with Gasteiger partial charge in [-0.2, -0.15) is 0 Å². The van der Waals surface area contributed by atoms with Crippen LogP contribution in [0, 0.1) is 18.8 Å². The molecule has 1 aromatic heterocycles. The Balaban J connectivity index is 2.02. The third kappa shape index (κ3) is 4.02. The molecular weight excluding hydrogens is 236 g/mol. The minimum absolute atomic E-state index is 0.210. The summed E-state index contributed by atoms with van der Waals surface area (Å²) >= 11 is 0. The standard InChI is InChI=1S/C16H26N2O/c1-12(2)9-18-10-14-5-4-8-19-16(14)15-11-17-7-6-13(15)3/h6-7,11-12,14,16,18H,4-5,8-10H2,1-3H3. The summed E-state index contributed by atoms with van der Waals surface area (Å²) in [5.74, 6) is 1.26. The largest absolute Gasteiger partial charge is 0.373 e. The molecule has 0 amide bonds. The highest BCUT2D eigenvalue weighted by Crippen LogP contribution is 2.34. The lowest BCUT2D eigenvalue weighted by Crippen LogP contribution is -2.33. The molecule has 2 rings (SSSR count). The Morgan fingerprint density at radius 2 is 2.32 bits per heavy atom. The van der Waals surface area contributed by atoms with E-state index in [2.05, 4.69) is 37.1 Å². The van der Waals surface area contributed by atoms with Crippen molar-refractivity contribution in [3.63, 3.8) is 0 Å². The normalized spacial score (nSPS) is 23.8.